The second-order valence-electron chi connectivity index (χ2n) is 4.48. The highest BCUT2D eigenvalue weighted by Crippen LogP contribution is 2.30. The molecule has 0 radical (unpaired) electrons. The average molecular weight is 250 g/mol. The Balaban J connectivity index is 2.38. The minimum absolute atomic E-state index is 0.140. The quantitative estimate of drug-likeness (QED) is 0.445. The number of hydrogen-bond acceptors (Lipinski definition) is 4. The lowest BCUT2D eigenvalue weighted by Gasteiger charge is -1.89. The zero-order valence-corrected chi connectivity index (χ0v) is 9.60. The Hall–Kier alpha value is -2.75. The molecule has 4 heteroatoms. The number of hydrogen-bond donors (Lipinski definition) is 0. The van der Waals surface area contributed by atoms with Crippen LogP contribution in [0.3, 0.4) is 0 Å². The third-order valence-corrected chi connectivity index (χ3v) is 3.42. The standard InChI is InChI=1S/C15H6O4/c16-13-9-5-8-7-3-1-2-4-11(7)19-12(8)6-10(9)14(17)15(13)18/h1-6H. The Labute approximate surface area is 105 Å². The molecule has 0 aliphatic rings. The Morgan fingerprint density at radius 2 is 1.32 bits per heavy atom. The molecular formula is C15H6O4. The van der Waals surface area contributed by atoms with Crippen molar-refractivity contribution < 1.29 is 4.42 Å². The predicted octanol–water partition coefficient (Wildman–Crippen LogP) is 1.70. The van der Waals surface area contributed by atoms with Crippen molar-refractivity contribution in [2.75, 3.05) is 0 Å². The van der Waals surface area contributed by atoms with E-state index in [1.54, 1.807) is 6.07 Å². The topological polar surface area (TPSA) is 64.3 Å². The van der Waals surface area contributed by atoms with Crippen molar-refractivity contribution in [2.24, 2.45) is 0 Å². The number of para-hydroxylation sites is 1. The minimum Gasteiger partial charge on any atom is -0.456 e. The molecule has 90 valence electrons. The van der Waals surface area contributed by atoms with Gasteiger partial charge in [-0.25, -0.2) is 0 Å². The Morgan fingerprint density at radius 3 is 2.11 bits per heavy atom. The summed E-state index contributed by atoms with van der Waals surface area (Å²) in [5.74, 6) is 0. The summed E-state index contributed by atoms with van der Waals surface area (Å²) in [6.07, 6.45) is 0. The van der Waals surface area contributed by atoms with Crippen LogP contribution in [0.1, 0.15) is 0 Å². The van der Waals surface area contributed by atoms with Crippen LogP contribution in [0.4, 0.5) is 0 Å². The van der Waals surface area contributed by atoms with Gasteiger partial charge < -0.3 is 4.42 Å². The summed E-state index contributed by atoms with van der Waals surface area (Å²) < 4.78 is 5.62. The summed E-state index contributed by atoms with van der Waals surface area (Å²) in [6, 6.07) is 10.4. The first-order valence-corrected chi connectivity index (χ1v) is 5.75. The fourth-order valence-electron chi connectivity index (χ4n) is 2.49. The summed E-state index contributed by atoms with van der Waals surface area (Å²) in [4.78, 5) is 34.8. The lowest BCUT2D eigenvalue weighted by atomic mass is 10.1. The molecule has 0 saturated carbocycles. The normalized spacial score (nSPS) is 11.8. The van der Waals surface area contributed by atoms with Crippen molar-refractivity contribution in [2.45, 2.75) is 0 Å². The van der Waals surface area contributed by atoms with Crippen LogP contribution >= 0.6 is 0 Å². The van der Waals surface area contributed by atoms with Crippen LogP contribution in [0.25, 0.3) is 32.7 Å². The van der Waals surface area contributed by atoms with Gasteiger partial charge in [-0.1, -0.05) is 18.2 Å². The largest absolute Gasteiger partial charge is 0.456 e. The van der Waals surface area contributed by atoms with Gasteiger partial charge >= 0.3 is 0 Å². The molecule has 19 heavy (non-hydrogen) atoms. The first-order chi connectivity index (χ1) is 9.16. The van der Waals surface area contributed by atoms with Gasteiger partial charge in [-0.2, -0.15) is 0 Å². The van der Waals surface area contributed by atoms with Crippen molar-refractivity contribution in [1.29, 1.82) is 0 Å². The van der Waals surface area contributed by atoms with Crippen molar-refractivity contribution in [3.8, 4) is 0 Å². The highest BCUT2D eigenvalue weighted by atomic mass is 16.3. The molecule has 0 saturated heterocycles. The maximum atomic E-state index is 11.7. The van der Waals surface area contributed by atoms with Gasteiger partial charge in [0.05, 0.1) is 0 Å². The monoisotopic (exact) mass is 250 g/mol. The molecule has 0 N–H and O–H groups in total. The number of rotatable bonds is 0. The number of benzene rings is 2. The lowest BCUT2D eigenvalue weighted by Crippen LogP contribution is -2.29. The van der Waals surface area contributed by atoms with E-state index in [1.165, 1.54) is 6.07 Å². The van der Waals surface area contributed by atoms with Gasteiger partial charge in [-0.3, -0.25) is 14.4 Å². The molecule has 0 aliphatic heterocycles. The van der Waals surface area contributed by atoms with E-state index >= 15 is 0 Å². The molecule has 0 spiro atoms. The van der Waals surface area contributed by atoms with E-state index < -0.39 is 16.3 Å². The van der Waals surface area contributed by atoms with Crippen molar-refractivity contribution in [3.05, 3.63) is 67.1 Å². The second kappa shape index (κ2) is 3.17. The van der Waals surface area contributed by atoms with Crippen LogP contribution in [-0.4, -0.2) is 0 Å². The van der Waals surface area contributed by atoms with Gasteiger partial charge in [-0.05, 0) is 18.2 Å². The second-order valence-corrected chi connectivity index (χ2v) is 4.48. The third kappa shape index (κ3) is 1.15. The zero-order valence-electron chi connectivity index (χ0n) is 9.60. The van der Waals surface area contributed by atoms with Crippen molar-refractivity contribution in [3.63, 3.8) is 0 Å². The maximum Gasteiger partial charge on any atom is 0.273 e. The molecule has 0 aliphatic carbocycles. The summed E-state index contributed by atoms with van der Waals surface area (Å²) in [7, 11) is 0. The van der Waals surface area contributed by atoms with Crippen LogP contribution in [0.2, 0.25) is 0 Å². The van der Waals surface area contributed by atoms with Gasteiger partial charge in [0.25, 0.3) is 5.43 Å². The van der Waals surface area contributed by atoms with E-state index in [2.05, 4.69) is 0 Å². The first kappa shape index (κ1) is 10.2. The molecule has 4 nitrogen and oxygen atoms in total. The predicted molar refractivity (Wildman–Crippen MR) is 72.4 cm³/mol. The molecule has 0 fully saturated rings. The Bertz CT molecular complexity index is 1110. The molecule has 0 atom stereocenters. The van der Waals surface area contributed by atoms with E-state index in [0.717, 1.165) is 10.8 Å². The third-order valence-electron chi connectivity index (χ3n) is 3.42. The number of furan rings is 1. The summed E-state index contributed by atoms with van der Waals surface area (Å²) in [5.41, 5.74) is -1.25. The van der Waals surface area contributed by atoms with Gasteiger partial charge in [0, 0.05) is 21.5 Å². The fraction of sp³-hybridized carbons (Fsp3) is 0. The SMILES string of the molecule is O=c1c(=O)c2cc3oc4ccccc4c3cc2c1=O. The van der Waals surface area contributed by atoms with Gasteiger partial charge in [0.2, 0.25) is 10.9 Å². The zero-order chi connectivity index (χ0) is 13.1. The van der Waals surface area contributed by atoms with E-state index in [4.69, 9.17) is 4.42 Å². The molecule has 0 amide bonds. The molecule has 0 bridgehead atoms. The first-order valence-electron chi connectivity index (χ1n) is 5.75. The van der Waals surface area contributed by atoms with Crippen LogP contribution in [0.15, 0.2) is 55.2 Å². The summed E-state index contributed by atoms with van der Waals surface area (Å²) in [5, 5.41) is 1.92. The smallest absolute Gasteiger partial charge is 0.273 e. The van der Waals surface area contributed by atoms with Gasteiger partial charge in [0.1, 0.15) is 11.2 Å². The van der Waals surface area contributed by atoms with Crippen molar-refractivity contribution in [1.82, 2.24) is 0 Å². The molecule has 1 heterocycles. The maximum absolute atomic E-state index is 11.7. The number of fused-ring (bicyclic) bond motifs is 4. The van der Waals surface area contributed by atoms with Gasteiger partial charge in [0.15, 0.2) is 0 Å². The summed E-state index contributed by atoms with van der Waals surface area (Å²) >= 11 is 0. The molecule has 4 rings (SSSR count). The van der Waals surface area contributed by atoms with E-state index in [1.807, 2.05) is 24.3 Å². The average Bonchev–Trinajstić information content (AvgIpc) is 2.89. The highest BCUT2D eigenvalue weighted by molar-refractivity contribution is 6.10. The van der Waals surface area contributed by atoms with Crippen LogP contribution < -0.4 is 16.3 Å². The molecule has 0 unspecified atom stereocenters. The lowest BCUT2D eigenvalue weighted by molar-refractivity contribution is 0.669. The Kier molecular flexibility index (Phi) is 1.70. The van der Waals surface area contributed by atoms with E-state index in [-0.39, 0.29) is 10.8 Å². The summed E-state index contributed by atoms with van der Waals surface area (Å²) in [6.45, 7) is 0. The molecule has 4 aromatic rings. The molecule has 1 aromatic heterocycles. The van der Waals surface area contributed by atoms with E-state index in [0.29, 0.717) is 11.2 Å². The van der Waals surface area contributed by atoms with Crippen LogP contribution in [0.5, 0.6) is 0 Å². The highest BCUT2D eigenvalue weighted by Gasteiger charge is 2.15. The Morgan fingerprint density at radius 1 is 0.632 bits per heavy atom. The van der Waals surface area contributed by atoms with Crippen molar-refractivity contribution >= 4 is 32.7 Å². The minimum atomic E-state index is -0.966. The van der Waals surface area contributed by atoms with Crippen LogP contribution in [0, 0.1) is 0 Å². The van der Waals surface area contributed by atoms with Crippen LogP contribution in [-0.2, 0) is 0 Å². The molecule has 3 aromatic carbocycles. The fourth-order valence-corrected chi connectivity index (χ4v) is 2.49. The van der Waals surface area contributed by atoms with E-state index in [9.17, 15) is 14.4 Å². The molecular weight excluding hydrogens is 244 g/mol. The van der Waals surface area contributed by atoms with Gasteiger partial charge in [-0.15, -0.1) is 0 Å².